The second kappa shape index (κ2) is 12.9. The standard InChI is InChI=1S/2C8H7.Zr/c2*1-2-4-6-8-7-5-3-1;/h2*1-7H;/q2*-1;+2. The maximum Gasteiger partial charge on any atom is 2.00 e. The van der Waals surface area contributed by atoms with Gasteiger partial charge >= 0.3 is 26.2 Å². The summed E-state index contributed by atoms with van der Waals surface area (Å²) < 4.78 is 0. The van der Waals surface area contributed by atoms with Gasteiger partial charge in [0.05, 0.1) is 0 Å². The van der Waals surface area contributed by atoms with E-state index in [-0.39, 0.29) is 26.2 Å². The van der Waals surface area contributed by atoms with Crippen molar-refractivity contribution in [1.29, 1.82) is 0 Å². The first-order valence-electron chi connectivity index (χ1n) is 5.15. The zero-order valence-electron chi connectivity index (χ0n) is 9.58. The van der Waals surface area contributed by atoms with Gasteiger partial charge in [-0.2, -0.15) is 60.8 Å². The molecule has 0 atom stereocenters. The van der Waals surface area contributed by atoms with Crippen LogP contribution in [-0.4, -0.2) is 0 Å². The number of hydrogen-bond acceptors (Lipinski definition) is 0. The Morgan fingerprint density at radius 1 is 0.412 bits per heavy atom. The van der Waals surface area contributed by atoms with E-state index in [4.69, 9.17) is 0 Å². The second-order valence-electron chi connectivity index (χ2n) is 2.92. The van der Waals surface area contributed by atoms with E-state index in [0.717, 1.165) is 0 Å². The van der Waals surface area contributed by atoms with Gasteiger partial charge in [0, 0.05) is 0 Å². The molecule has 82 valence electrons. The van der Waals surface area contributed by atoms with Crippen LogP contribution in [0.15, 0.2) is 85.1 Å². The first kappa shape index (κ1) is 15.8. The topological polar surface area (TPSA) is 0 Å². The molecule has 0 aromatic rings. The summed E-state index contributed by atoms with van der Waals surface area (Å²) in [6.45, 7) is 0. The van der Waals surface area contributed by atoms with Crippen molar-refractivity contribution in [1.82, 2.24) is 0 Å². The number of allylic oxidation sites excluding steroid dienone is 16. The molecule has 0 radical (unpaired) electrons. The van der Waals surface area contributed by atoms with Gasteiger partial charge in [-0.3, -0.25) is 0 Å². The normalized spacial score (nSPS) is 15.1. The van der Waals surface area contributed by atoms with Crippen molar-refractivity contribution in [2.45, 2.75) is 0 Å². The predicted molar refractivity (Wildman–Crippen MR) is 70.5 cm³/mol. The SMILES string of the molecule is [C-]1=CC=CC=CC=C1.[C-]1=CC=CC=CC=C1.[Zr+2]. The number of hydrogen-bond donors (Lipinski definition) is 0. The monoisotopic (exact) mass is 296 g/mol. The second-order valence-corrected chi connectivity index (χ2v) is 2.92. The van der Waals surface area contributed by atoms with Crippen molar-refractivity contribution < 1.29 is 26.2 Å². The fourth-order valence-corrected chi connectivity index (χ4v) is 0.940. The van der Waals surface area contributed by atoms with E-state index in [1.807, 2.05) is 85.1 Å². The van der Waals surface area contributed by atoms with Gasteiger partial charge in [0.2, 0.25) is 0 Å². The van der Waals surface area contributed by atoms with E-state index < -0.39 is 0 Å². The van der Waals surface area contributed by atoms with Crippen LogP contribution < -0.4 is 0 Å². The first-order chi connectivity index (χ1) is 8.00. The fourth-order valence-electron chi connectivity index (χ4n) is 0.940. The third-order valence-corrected chi connectivity index (χ3v) is 1.66. The molecule has 0 heterocycles. The molecule has 0 unspecified atom stereocenters. The molecule has 2 aliphatic rings. The van der Waals surface area contributed by atoms with Crippen molar-refractivity contribution >= 4 is 0 Å². The van der Waals surface area contributed by atoms with E-state index in [0.29, 0.717) is 0 Å². The smallest absolute Gasteiger partial charge is 0.184 e. The molecule has 2 rings (SSSR count). The van der Waals surface area contributed by atoms with Crippen molar-refractivity contribution in [2.24, 2.45) is 0 Å². The van der Waals surface area contributed by atoms with Gasteiger partial charge in [-0.25, -0.2) is 0 Å². The predicted octanol–water partition coefficient (Wildman–Crippen LogP) is 4.05. The van der Waals surface area contributed by atoms with Crippen LogP contribution in [0.3, 0.4) is 0 Å². The van der Waals surface area contributed by atoms with Crippen molar-refractivity contribution in [2.75, 3.05) is 0 Å². The Labute approximate surface area is 123 Å². The molecule has 0 nitrogen and oxygen atoms in total. The van der Waals surface area contributed by atoms with Crippen LogP contribution in [0.5, 0.6) is 0 Å². The van der Waals surface area contributed by atoms with Crippen LogP contribution in [-0.2, 0) is 26.2 Å². The van der Waals surface area contributed by atoms with E-state index in [1.54, 1.807) is 0 Å². The maximum absolute atomic E-state index is 2.94. The Balaban J connectivity index is 0.000000284. The largest absolute Gasteiger partial charge is 2.00 e. The summed E-state index contributed by atoms with van der Waals surface area (Å²) in [6, 6.07) is 0. The first-order valence-corrected chi connectivity index (χ1v) is 5.15. The minimum Gasteiger partial charge on any atom is -0.184 e. The summed E-state index contributed by atoms with van der Waals surface area (Å²) in [7, 11) is 0. The molecule has 17 heavy (non-hydrogen) atoms. The average molecular weight is 298 g/mol. The molecule has 0 fully saturated rings. The molecule has 0 saturated heterocycles. The van der Waals surface area contributed by atoms with Crippen LogP contribution in [0.4, 0.5) is 0 Å². The maximum atomic E-state index is 2.94. The van der Waals surface area contributed by atoms with E-state index >= 15 is 0 Å². The van der Waals surface area contributed by atoms with Crippen LogP contribution in [0.1, 0.15) is 0 Å². The van der Waals surface area contributed by atoms with Gasteiger partial charge in [-0.15, -0.1) is 24.3 Å². The van der Waals surface area contributed by atoms with Crippen molar-refractivity contribution in [3.63, 3.8) is 0 Å². The zero-order valence-corrected chi connectivity index (χ0v) is 12.0. The third-order valence-electron chi connectivity index (χ3n) is 1.66. The Bertz CT molecular complexity index is 247. The summed E-state index contributed by atoms with van der Waals surface area (Å²) in [6.07, 6.45) is 33.0. The van der Waals surface area contributed by atoms with Gasteiger partial charge in [0.25, 0.3) is 0 Å². The van der Waals surface area contributed by atoms with Gasteiger partial charge < -0.3 is 0 Å². The Morgan fingerprint density at radius 3 is 1.24 bits per heavy atom. The van der Waals surface area contributed by atoms with Crippen molar-refractivity contribution in [3.05, 3.63) is 97.2 Å². The Kier molecular flexibility index (Phi) is 12.0. The van der Waals surface area contributed by atoms with E-state index in [9.17, 15) is 0 Å². The molecular weight excluding hydrogens is 283 g/mol. The molecule has 0 aromatic heterocycles. The average Bonchev–Trinajstić information content (AvgIpc) is 2.15. The third kappa shape index (κ3) is 11.1. The van der Waals surface area contributed by atoms with Crippen molar-refractivity contribution in [3.8, 4) is 0 Å². The van der Waals surface area contributed by atoms with Crippen LogP contribution in [0.25, 0.3) is 0 Å². The van der Waals surface area contributed by atoms with Gasteiger partial charge in [0.15, 0.2) is 0 Å². The molecule has 0 aliphatic heterocycles. The molecule has 0 bridgehead atoms. The van der Waals surface area contributed by atoms with Gasteiger partial charge in [-0.1, -0.05) is 12.2 Å². The zero-order chi connectivity index (χ0) is 11.3. The summed E-state index contributed by atoms with van der Waals surface area (Å²) >= 11 is 0. The Hall–Kier alpha value is -1.20. The van der Waals surface area contributed by atoms with Gasteiger partial charge in [0.1, 0.15) is 0 Å². The molecule has 0 spiro atoms. The fraction of sp³-hybridized carbons (Fsp3) is 0. The summed E-state index contributed by atoms with van der Waals surface area (Å²) in [5.41, 5.74) is 0. The number of rotatable bonds is 0. The van der Waals surface area contributed by atoms with Crippen LogP contribution in [0.2, 0.25) is 0 Å². The molecule has 0 amide bonds. The van der Waals surface area contributed by atoms with E-state index in [1.165, 1.54) is 0 Å². The molecule has 1 heteroatoms. The Morgan fingerprint density at radius 2 is 0.765 bits per heavy atom. The minimum absolute atomic E-state index is 0. The molecular formula is C16H14Zr. The van der Waals surface area contributed by atoms with Crippen LogP contribution in [0, 0.1) is 12.2 Å². The quantitative estimate of drug-likeness (QED) is 0.592. The molecule has 0 saturated carbocycles. The summed E-state index contributed by atoms with van der Waals surface area (Å²) in [4.78, 5) is 0. The van der Waals surface area contributed by atoms with Gasteiger partial charge in [-0.05, 0) is 0 Å². The molecule has 0 aromatic carbocycles. The molecule has 2 aliphatic carbocycles. The molecule has 0 N–H and O–H groups in total. The summed E-state index contributed by atoms with van der Waals surface area (Å²) in [5, 5.41) is 0. The minimum atomic E-state index is 0. The summed E-state index contributed by atoms with van der Waals surface area (Å²) in [5.74, 6) is 0. The van der Waals surface area contributed by atoms with E-state index in [2.05, 4.69) is 12.2 Å². The van der Waals surface area contributed by atoms with Crippen LogP contribution >= 0.6 is 0 Å².